The molecule has 0 spiro atoms. The Labute approximate surface area is 120 Å². The average Bonchev–Trinajstić information content (AvgIpc) is 2.50. The SMILES string of the molecule is Cn1nc(C(=O)Nc2ccc3ccccc3c2)ccc1=O. The fourth-order valence-electron chi connectivity index (χ4n) is 2.09. The van der Waals surface area contributed by atoms with E-state index in [0.717, 1.165) is 15.5 Å². The highest BCUT2D eigenvalue weighted by molar-refractivity contribution is 6.03. The van der Waals surface area contributed by atoms with Gasteiger partial charge in [-0.05, 0) is 29.0 Å². The first-order chi connectivity index (χ1) is 10.1. The largest absolute Gasteiger partial charge is 0.321 e. The number of fused-ring (bicyclic) bond motifs is 1. The molecule has 2 aromatic carbocycles. The molecule has 104 valence electrons. The molecule has 1 heterocycles. The van der Waals surface area contributed by atoms with E-state index in [1.807, 2.05) is 42.5 Å². The molecule has 0 bridgehead atoms. The van der Waals surface area contributed by atoms with E-state index in [1.165, 1.54) is 19.2 Å². The van der Waals surface area contributed by atoms with Crippen LogP contribution >= 0.6 is 0 Å². The number of nitrogens with one attached hydrogen (secondary N) is 1. The number of aryl methyl sites for hydroxylation is 1. The summed E-state index contributed by atoms with van der Waals surface area (Å²) < 4.78 is 1.13. The van der Waals surface area contributed by atoms with E-state index in [9.17, 15) is 9.59 Å². The van der Waals surface area contributed by atoms with Crippen LogP contribution in [0.4, 0.5) is 5.69 Å². The molecule has 5 nitrogen and oxygen atoms in total. The summed E-state index contributed by atoms with van der Waals surface area (Å²) in [5.41, 5.74) is 0.636. The van der Waals surface area contributed by atoms with Crippen LogP contribution in [0.3, 0.4) is 0 Å². The van der Waals surface area contributed by atoms with Crippen LogP contribution in [-0.4, -0.2) is 15.7 Å². The summed E-state index contributed by atoms with van der Waals surface area (Å²) in [5, 5.41) is 8.86. The molecule has 1 N–H and O–H groups in total. The highest BCUT2D eigenvalue weighted by Gasteiger charge is 2.09. The Morgan fingerprint density at radius 1 is 1.05 bits per heavy atom. The topological polar surface area (TPSA) is 64.0 Å². The fraction of sp³-hybridized carbons (Fsp3) is 0.0625. The van der Waals surface area contributed by atoms with Crippen LogP contribution in [0, 0.1) is 0 Å². The Morgan fingerprint density at radius 3 is 2.57 bits per heavy atom. The van der Waals surface area contributed by atoms with E-state index in [0.29, 0.717) is 5.69 Å². The zero-order chi connectivity index (χ0) is 14.8. The van der Waals surface area contributed by atoms with Gasteiger partial charge in [0.15, 0.2) is 0 Å². The number of nitrogens with zero attached hydrogens (tertiary/aromatic N) is 2. The molecule has 1 aromatic heterocycles. The molecule has 0 saturated carbocycles. The van der Waals surface area contributed by atoms with Gasteiger partial charge >= 0.3 is 0 Å². The minimum atomic E-state index is -0.346. The lowest BCUT2D eigenvalue weighted by Gasteiger charge is -2.06. The van der Waals surface area contributed by atoms with Crippen LogP contribution in [0.2, 0.25) is 0 Å². The Balaban J connectivity index is 1.88. The molecule has 0 saturated heterocycles. The van der Waals surface area contributed by atoms with E-state index in [-0.39, 0.29) is 17.2 Å². The Kier molecular flexibility index (Phi) is 3.23. The summed E-state index contributed by atoms with van der Waals surface area (Å²) in [4.78, 5) is 23.4. The van der Waals surface area contributed by atoms with Crippen molar-refractivity contribution in [2.45, 2.75) is 0 Å². The first-order valence-electron chi connectivity index (χ1n) is 6.48. The maximum absolute atomic E-state index is 12.1. The van der Waals surface area contributed by atoms with E-state index in [4.69, 9.17) is 0 Å². The first kappa shape index (κ1) is 13.1. The van der Waals surface area contributed by atoms with Crippen LogP contribution < -0.4 is 10.9 Å². The van der Waals surface area contributed by atoms with Crippen molar-refractivity contribution in [2.75, 3.05) is 5.32 Å². The number of hydrogen-bond donors (Lipinski definition) is 1. The van der Waals surface area contributed by atoms with Crippen LogP contribution in [0.1, 0.15) is 10.5 Å². The molecule has 0 radical (unpaired) electrons. The summed E-state index contributed by atoms with van der Waals surface area (Å²) in [7, 11) is 1.51. The minimum absolute atomic E-state index is 0.199. The quantitative estimate of drug-likeness (QED) is 0.782. The Morgan fingerprint density at radius 2 is 1.81 bits per heavy atom. The zero-order valence-corrected chi connectivity index (χ0v) is 11.4. The van der Waals surface area contributed by atoms with Gasteiger partial charge in [0.1, 0.15) is 5.69 Å². The third kappa shape index (κ3) is 2.67. The second-order valence-electron chi connectivity index (χ2n) is 4.70. The van der Waals surface area contributed by atoms with Crippen molar-refractivity contribution in [2.24, 2.45) is 7.05 Å². The van der Waals surface area contributed by atoms with Crippen molar-refractivity contribution in [1.29, 1.82) is 0 Å². The molecular weight excluding hydrogens is 266 g/mol. The Hall–Kier alpha value is -2.95. The van der Waals surface area contributed by atoms with Crippen molar-refractivity contribution in [3.8, 4) is 0 Å². The lowest BCUT2D eigenvalue weighted by molar-refractivity contribution is 0.102. The van der Waals surface area contributed by atoms with E-state index >= 15 is 0 Å². The Bertz CT molecular complexity index is 884. The summed E-state index contributed by atoms with van der Waals surface area (Å²) in [6, 6.07) is 16.3. The molecule has 21 heavy (non-hydrogen) atoms. The van der Waals surface area contributed by atoms with Gasteiger partial charge in [-0.2, -0.15) is 5.10 Å². The van der Waals surface area contributed by atoms with Crippen molar-refractivity contribution < 1.29 is 4.79 Å². The smallest absolute Gasteiger partial charge is 0.276 e. The highest BCUT2D eigenvalue weighted by Crippen LogP contribution is 2.19. The molecular formula is C16H13N3O2. The summed E-state index contributed by atoms with van der Waals surface area (Å²) in [6.07, 6.45) is 0. The molecule has 0 aliphatic rings. The number of aromatic nitrogens is 2. The molecule has 3 aromatic rings. The zero-order valence-electron chi connectivity index (χ0n) is 11.4. The van der Waals surface area contributed by atoms with Gasteiger partial charge in [0, 0.05) is 18.8 Å². The van der Waals surface area contributed by atoms with Crippen molar-refractivity contribution in [3.63, 3.8) is 0 Å². The van der Waals surface area contributed by atoms with Crippen molar-refractivity contribution in [1.82, 2.24) is 9.78 Å². The van der Waals surface area contributed by atoms with Crippen LogP contribution in [0.25, 0.3) is 10.8 Å². The second kappa shape index (κ2) is 5.20. The van der Waals surface area contributed by atoms with Crippen LogP contribution in [0.15, 0.2) is 59.4 Å². The molecule has 3 rings (SSSR count). The summed E-state index contributed by atoms with van der Waals surface area (Å²) >= 11 is 0. The molecule has 1 amide bonds. The van der Waals surface area contributed by atoms with Gasteiger partial charge in [-0.1, -0.05) is 30.3 Å². The molecule has 5 heteroatoms. The van der Waals surface area contributed by atoms with E-state index in [2.05, 4.69) is 10.4 Å². The van der Waals surface area contributed by atoms with Gasteiger partial charge in [0.2, 0.25) is 0 Å². The number of anilines is 1. The first-order valence-corrected chi connectivity index (χ1v) is 6.48. The van der Waals surface area contributed by atoms with Crippen LogP contribution in [-0.2, 0) is 7.05 Å². The van der Waals surface area contributed by atoms with Gasteiger partial charge in [-0.15, -0.1) is 0 Å². The fourth-order valence-corrected chi connectivity index (χ4v) is 2.09. The van der Waals surface area contributed by atoms with Crippen molar-refractivity contribution in [3.05, 3.63) is 70.6 Å². The molecule has 0 unspecified atom stereocenters. The number of benzene rings is 2. The molecule has 0 fully saturated rings. The number of rotatable bonds is 2. The molecule has 0 aliphatic carbocycles. The maximum Gasteiger partial charge on any atom is 0.276 e. The van der Waals surface area contributed by atoms with E-state index in [1.54, 1.807) is 0 Å². The van der Waals surface area contributed by atoms with Crippen LogP contribution in [0.5, 0.6) is 0 Å². The number of amides is 1. The standard InChI is InChI=1S/C16H13N3O2/c1-19-15(20)9-8-14(18-19)16(21)17-13-7-6-11-4-2-3-5-12(11)10-13/h2-10H,1H3,(H,17,21). The van der Waals surface area contributed by atoms with Gasteiger partial charge in [-0.25, -0.2) is 4.68 Å². The predicted molar refractivity (Wildman–Crippen MR) is 81.4 cm³/mol. The van der Waals surface area contributed by atoms with E-state index < -0.39 is 0 Å². The second-order valence-corrected chi connectivity index (χ2v) is 4.70. The molecule has 0 atom stereocenters. The monoisotopic (exact) mass is 279 g/mol. The third-order valence-electron chi connectivity index (χ3n) is 3.20. The third-order valence-corrected chi connectivity index (χ3v) is 3.20. The predicted octanol–water partition coefficient (Wildman–Crippen LogP) is 2.19. The highest BCUT2D eigenvalue weighted by atomic mass is 16.2. The normalized spacial score (nSPS) is 10.5. The van der Waals surface area contributed by atoms with Crippen molar-refractivity contribution >= 4 is 22.4 Å². The summed E-state index contributed by atoms with van der Waals surface area (Å²) in [5.74, 6) is -0.346. The maximum atomic E-state index is 12.1. The lowest BCUT2D eigenvalue weighted by atomic mass is 10.1. The molecule has 0 aliphatic heterocycles. The number of hydrogen-bond acceptors (Lipinski definition) is 3. The van der Waals surface area contributed by atoms with Gasteiger partial charge in [0.25, 0.3) is 11.5 Å². The minimum Gasteiger partial charge on any atom is -0.321 e. The number of carbonyl (C=O) groups is 1. The van der Waals surface area contributed by atoms with Gasteiger partial charge < -0.3 is 5.32 Å². The van der Waals surface area contributed by atoms with Gasteiger partial charge in [0.05, 0.1) is 0 Å². The van der Waals surface area contributed by atoms with Gasteiger partial charge in [-0.3, -0.25) is 9.59 Å². The number of carbonyl (C=O) groups excluding carboxylic acids is 1. The average molecular weight is 279 g/mol. The summed E-state index contributed by atoms with van der Waals surface area (Å²) in [6.45, 7) is 0. The lowest BCUT2D eigenvalue weighted by Crippen LogP contribution is -2.23.